The number of carbonyl (C=O) groups is 1. The highest BCUT2D eigenvalue weighted by molar-refractivity contribution is 9.09. The highest BCUT2D eigenvalue weighted by Crippen LogP contribution is 2.32. The Morgan fingerprint density at radius 3 is 2.75 bits per heavy atom. The van der Waals surface area contributed by atoms with Crippen molar-refractivity contribution in [2.45, 2.75) is 37.4 Å². The zero-order valence-electron chi connectivity index (χ0n) is 9.58. The van der Waals surface area contributed by atoms with E-state index >= 15 is 0 Å². The molecule has 2 nitrogen and oxygen atoms in total. The molecule has 1 saturated carbocycles. The molecule has 4 heteroatoms. The van der Waals surface area contributed by atoms with Gasteiger partial charge in [-0.2, -0.15) is 0 Å². The fourth-order valence-corrected chi connectivity index (χ4v) is 4.75. The first-order valence-electron chi connectivity index (χ1n) is 6.26. The van der Waals surface area contributed by atoms with E-state index in [4.69, 9.17) is 0 Å². The number of alkyl halides is 1. The molecule has 1 aliphatic heterocycles. The molecule has 0 bridgehead atoms. The Hall–Kier alpha value is 0.300. The fourth-order valence-electron chi connectivity index (χ4n) is 2.72. The minimum Gasteiger partial charge on any atom is -0.355 e. The first kappa shape index (κ1) is 12.7. The van der Waals surface area contributed by atoms with Gasteiger partial charge in [0.15, 0.2) is 0 Å². The first-order chi connectivity index (χ1) is 7.81. The van der Waals surface area contributed by atoms with Crippen LogP contribution in [0.1, 0.15) is 32.1 Å². The van der Waals surface area contributed by atoms with Gasteiger partial charge in [-0.05, 0) is 43.3 Å². The lowest BCUT2D eigenvalue weighted by Crippen LogP contribution is -2.36. The van der Waals surface area contributed by atoms with Crippen molar-refractivity contribution in [2.75, 3.05) is 17.6 Å². The van der Waals surface area contributed by atoms with Gasteiger partial charge < -0.3 is 5.32 Å². The molecule has 3 unspecified atom stereocenters. The average molecular weight is 306 g/mol. The Labute approximate surface area is 110 Å². The number of thioether (sulfide) groups is 1. The number of hydrogen-bond donors (Lipinski definition) is 1. The van der Waals surface area contributed by atoms with E-state index < -0.39 is 0 Å². The summed E-state index contributed by atoms with van der Waals surface area (Å²) in [5.74, 6) is 2.92. The molecule has 1 N–H and O–H groups in total. The number of carbonyl (C=O) groups excluding carboxylic acids is 1. The molecule has 3 atom stereocenters. The van der Waals surface area contributed by atoms with Crippen LogP contribution in [0.2, 0.25) is 0 Å². The molecule has 1 aliphatic carbocycles. The molecule has 2 fully saturated rings. The molecule has 2 rings (SSSR count). The quantitative estimate of drug-likeness (QED) is 0.809. The normalized spacial score (nSPS) is 34.2. The first-order valence-corrected chi connectivity index (χ1v) is 8.43. The molecule has 1 saturated heterocycles. The SMILES string of the molecule is O=C(NCC1CCCC1CBr)C1CCCS1. The standard InChI is InChI=1S/C12H20BrNOS/c13-7-9-3-1-4-10(9)8-14-12(15)11-5-2-6-16-11/h9-11H,1-8H2,(H,14,15). The van der Waals surface area contributed by atoms with Gasteiger partial charge in [0.05, 0.1) is 5.25 Å². The molecule has 0 aromatic carbocycles. The second-order valence-corrected chi connectivity index (χ2v) is 6.81. The van der Waals surface area contributed by atoms with Gasteiger partial charge in [-0.1, -0.05) is 22.4 Å². The van der Waals surface area contributed by atoms with E-state index in [9.17, 15) is 4.79 Å². The maximum Gasteiger partial charge on any atom is 0.233 e. The van der Waals surface area contributed by atoms with E-state index in [2.05, 4.69) is 21.2 Å². The third-order valence-corrected chi connectivity index (χ3v) is 5.98. The van der Waals surface area contributed by atoms with Crippen molar-refractivity contribution in [1.82, 2.24) is 5.32 Å². The van der Waals surface area contributed by atoms with E-state index in [1.807, 2.05) is 11.8 Å². The van der Waals surface area contributed by atoms with Gasteiger partial charge in [0.25, 0.3) is 0 Å². The predicted octanol–water partition coefficient (Wildman–Crippen LogP) is 2.81. The van der Waals surface area contributed by atoms with Gasteiger partial charge in [-0.25, -0.2) is 0 Å². The highest BCUT2D eigenvalue weighted by Gasteiger charge is 2.28. The van der Waals surface area contributed by atoms with Crippen molar-refractivity contribution >= 4 is 33.6 Å². The van der Waals surface area contributed by atoms with Crippen LogP contribution in [0.4, 0.5) is 0 Å². The van der Waals surface area contributed by atoms with Crippen molar-refractivity contribution in [3.05, 3.63) is 0 Å². The highest BCUT2D eigenvalue weighted by atomic mass is 79.9. The summed E-state index contributed by atoms with van der Waals surface area (Å²) < 4.78 is 0. The van der Waals surface area contributed by atoms with Crippen LogP contribution in [-0.2, 0) is 4.79 Å². The third-order valence-electron chi connectivity index (χ3n) is 3.78. The van der Waals surface area contributed by atoms with Gasteiger partial charge in [-0.3, -0.25) is 4.79 Å². The monoisotopic (exact) mass is 305 g/mol. The number of rotatable bonds is 4. The van der Waals surface area contributed by atoms with Crippen molar-refractivity contribution in [2.24, 2.45) is 11.8 Å². The van der Waals surface area contributed by atoms with Gasteiger partial charge in [0, 0.05) is 11.9 Å². The van der Waals surface area contributed by atoms with Gasteiger partial charge in [0.2, 0.25) is 5.91 Å². The molecule has 16 heavy (non-hydrogen) atoms. The topological polar surface area (TPSA) is 29.1 Å². The lowest BCUT2D eigenvalue weighted by Gasteiger charge is -2.19. The number of halogens is 1. The van der Waals surface area contributed by atoms with Gasteiger partial charge in [0.1, 0.15) is 0 Å². The van der Waals surface area contributed by atoms with Crippen molar-refractivity contribution in [1.29, 1.82) is 0 Å². The number of nitrogens with one attached hydrogen (secondary N) is 1. The van der Waals surface area contributed by atoms with Crippen LogP contribution in [0.15, 0.2) is 0 Å². The second kappa shape index (κ2) is 6.29. The van der Waals surface area contributed by atoms with Crippen molar-refractivity contribution in [3.63, 3.8) is 0 Å². The predicted molar refractivity (Wildman–Crippen MR) is 73.1 cm³/mol. The molecule has 2 aliphatic rings. The Bertz CT molecular complexity index is 243. The lowest BCUT2D eigenvalue weighted by atomic mass is 9.98. The molecular formula is C12H20BrNOS. The number of amides is 1. The third kappa shape index (κ3) is 3.16. The van der Waals surface area contributed by atoms with Crippen LogP contribution in [0, 0.1) is 11.8 Å². The molecule has 0 aromatic heterocycles. The summed E-state index contributed by atoms with van der Waals surface area (Å²) >= 11 is 5.39. The zero-order valence-corrected chi connectivity index (χ0v) is 12.0. The van der Waals surface area contributed by atoms with Gasteiger partial charge in [-0.15, -0.1) is 11.8 Å². The molecular weight excluding hydrogens is 286 g/mol. The van der Waals surface area contributed by atoms with E-state index in [1.54, 1.807) is 0 Å². The molecule has 0 spiro atoms. The van der Waals surface area contributed by atoms with Crippen LogP contribution in [0.5, 0.6) is 0 Å². The van der Waals surface area contributed by atoms with Gasteiger partial charge >= 0.3 is 0 Å². The maximum absolute atomic E-state index is 11.9. The Morgan fingerprint density at radius 1 is 1.25 bits per heavy atom. The van der Waals surface area contributed by atoms with E-state index in [-0.39, 0.29) is 11.2 Å². The van der Waals surface area contributed by atoms with Crippen LogP contribution in [0.3, 0.4) is 0 Å². The maximum atomic E-state index is 11.9. The van der Waals surface area contributed by atoms with E-state index in [0.717, 1.165) is 30.0 Å². The van der Waals surface area contributed by atoms with E-state index in [0.29, 0.717) is 5.92 Å². The summed E-state index contributed by atoms with van der Waals surface area (Å²) in [7, 11) is 0. The minimum atomic E-state index is 0.240. The Balaban J connectivity index is 1.71. The van der Waals surface area contributed by atoms with Crippen LogP contribution < -0.4 is 5.32 Å². The summed E-state index contributed by atoms with van der Waals surface area (Å²) in [6, 6.07) is 0. The molecule has 1 amide bonds. The number of hydrogen-bond acceptors (Lipinski definition) is 2. The summed E-state index contributed by atoms with van der Waals surface area (Å²) in [5, 5.41) is 4.48. The van der Waals surface area contributed by atoms with Crippen LogP contribution in [0.25, 0.3) is 0 Å². The minimum absolute atomic E-state index is 0.240. The lowest BCUT2D eigenvalue weighted by molar-refractivity contribution is -0.120. The summed E-state index contributed by atoms with van der Waals surface area (Å²) in [6.07, 6.45) is 6.21. The van der Waals surface area contributed by atoms with Crippen molar-refractivity contribution in [3.8, 4) is 0 Å². The smallest absolute Gasteiger partial charge is 0.233 e. The van der Waals surface area contributed by atoms with Crippen molar-refractivity contribution < 1.29 is 4.79 Å². The van der Waals surface area contributed by atoms with Crippen LogP contribution >= 0.6 is 27.7 Å². The summed E-state index contributed by atoms with van der Waals surface area (Å²) in [4.78, 5) is 11.9. The molecule has 0 radical (unpaired) electrons. The van der Waals surface area contributed by atoms with E-state index in [1.165, 1.54) is 25.7 Å². The fraction of sp³-hybridized carbons (Fsp3) is 0.917. The molecule has 0 aromatic rings. The zero-order chi connectivity index (χ0) is 11.4. The largest absolute Gasteiger partial charge is 0.355 e. The Morgan fingerprint density at radius 2 is 2.06 bits per heavy atom. The molecule has 1 heterocycles. The summed E-state index contributed by atoms with van der Waals surface area (Å²) in [5.41, 5.74) is 0. The Kier molecular flexibility index (Phi) is 5.01. The second-order valence-electron chi connectivity index (χ2n) is 4.85. The average Bonchev–Trinajstić information content (AvgIpc) is 2.96. The molecule has 92 valence electrons. The van der Waals surface area contributed by atoms with Crippen LogP contribution in [-0.4, -0.2) is 28.8 Å². The summed E-state index contributed by atoms with van der Waals surface area (Å²) in [6.45, 7) is 0.895.